The van der Waals surface area contributed by atoms with E-state index in [0.29, 0.717) is 30.3 Å². The van der Waals surface area contributed by atoms with Crippen molar-refractivity contribution in [3.63, 3.8) is 0 Å². The predicted molar refractivity (Wildman–Crippen MR) is 121 cm³/mol. The largest absolute Gasteiger partial charge is 0.261 e. The molecule has 0 aliphatic rings. The van der Waals surface area contributed by atoms with E-state index in [1.807, 2.05) is 25.1 Å². The number of likely N-dealkylation sites (N-methyl/N-ethyl adjacent to an activating group) is 1. The van der Waals surface area contributed by atoms with Gasteiger partial charge in [-0.3, -0.25) is 4.98 Å². The summed E-state index contributed by atoms with van der Waals surface area (Å²) < 4.78 is 29.2. The van der Waals surface area contributed by atoms with Crippen molar-refractivity contribution in [2.75, 3.05) is 13.1 Å². The summed E-state index contributed by atoms with van der Waals surface area (Å²) in [5, 5.41) is 0. The maximum Gasteiger partial charge on any atom is 0.243 e. The van der Waals surface area contributed by atoms with E-state index < -0.39 is 10.0 Å². The molecule has 0 spiro atoms. The van der Waals surface area contributed by atoms with Gasteiger partial charge in [-0.1, -0.05) is 66.7 Å². The minimum atomic E-state index is -3.61. The van der Waals surface area contributed by atoms with Gasteiger partial charge in [-0.05, 0) is 46.6 Å². The number of sulfonamides is 1. The Hall–Kier alpha value is -1.72. The fourth-order valence-corrected chi connectivity index (χ4v) is 5.66. The van der Waals surface area contributed by atoms with E-state index in [1.165, 1.54) is 5.56 Å². The highest BCUT2D eigenvalue weighted by atomic mass is 32.2. The van der Waals surface area contributed by atoms with Crippen LogP contribution >= 0.6 is 0 Å². The SMILES string of the molecule is CCN(CCc1ccccn1)S(=O)(=O)c1c(C(C)C)cc(C(C)C)cc1C(C)C. The maximum absolute atomic E-state index is 13.8. The highest BCUT2D eigenvalue weighted by molar-refractivity contribution is 7.89. The highest BCUT2D eigenvalue weighted by Crippen LogP contribution is 2.36. The molecule has 0 radical (unpaired) electrons. The Bertz CT molecular complexity index is 875. The molecule has 0 amide bonds. The molecule has 4 nitrogen and oxygen atoms in total. The zero-order valence-corrected chi connectivity index (χ0v) is 19.8. The van der Waals surface area contributed by atoms with Crippen molar-refractivity contribution >= 4 is 10.0 Å². The molecule has 29 heavy (non-hydrogen) atoms. The summed E-state index contributed by atoms with van der Waals surface area (Å²) in [6.45, 7) is 15.4. The summed E-state index contributed by atoms with van der Waals surface area (Å²) in [4.78, 5) is 4.85. The average Bonchev–Trinajstić information content (AvgIpc) is 2.67. The number of pyridine rings is 1. The molecule has 0 unspecified atom stereocenters. The van der Waals surface area contributed by atoms with Crippen LogP contribution in [0.4, 0.5) is 0 Å². The Morgan fingerprint density at radius 3 is 1.93 bits per heavy atom. The monoisotopic (exact) mass is 416 g/mol. The molecular formula is C24H36N2O2S. The van der Waals surface area contributed by atoms with Gasteiger partial charge >= 0.3 is 0 Å². The van der Waals surface area contributed by atoms with E-state index in [0.717, 1.165) is 16.8 Å². The molecule has 0 atom stereocenters. The van der Waals surface area contributed by atoms with E-state index >= 15 is 0 Å². The molecule has 0 fully saturated rings. The van der Waals surface area contributed by atoms with Gasteiger partial charge in [0.2, 0.25) is 10.0 Å². The van der Waals surface area contributed by atoms with Crippen molar-refractivity contribution in [3.8, 4) is 0 Å². The number of rotatable bonds is 9. The van der Waals surface area contributed by atoms with Crippen molar-refractivity contribution in [2.45, 2.75) is 77.5 Å². The van der Waals surface area contributed by atoms with Crippen molar-refractivity contribution in [1.82, 2.24) is 9.29 Å². The second kappa shape index (κ2) is 9.86. The number of benzene rings is 1. The quantitative estimate of drug-likeness (QED) is 0.526. The van der Waals surface area contributed by atoms with Gasteiger partial charge in [0, 0.05) is 31.4 Å². The molecule has 0 bridgehead atoms. The van der Waals surface area contributed by atoms with E-state index in [2.05, 4.69) is 58.7 Å². The summed E-state index contributed by atoms with van der Waals surface area (Å²) in [5.41, 5.74) is 3.96. The van der Waals surface area contributed by atoms with Crippen LogP contribution in [0.15, 0.2) is 41.4 Å². The Balaban J connectivity index is 2.55. The zero-order valence-electron chi connectivity index (χ0n) is 18.9. The Kier molecular flexibility index (Phi) is 8.01. The molecule has 0 aliphatic carbocycles. The molecule has 1 aromatic heterocycles. The summed E-state index contributed by atoms with van der Waals surface area (Å²) in [7, 11) is -3.61. The minimum Gasteiger partial charge on any atom is -0.261 e. The smallest absolute Gasteiger partial charge is 0.243 e. The van der Waals surface area contributed by atoms with Crippen LogP contribution in [-0.4, -0.2) is 30.8 Å². The zero-order chi connectivity index (χ0) is 21.8. The van der Waals surface area contributed by atoms with Crippen LogP contribution in [-0.2, 0) is 16.4 Å². The highest BCUT2D eigenvalue weighted by Gasteiger charge is 2.31. The van der Waals surface area contributed by atoms with Gasteiger partial charge in [-0.2, -0.15) is 4.31 Å². The van der Waals surface area contributed by atoms with E-state index in [4.69, 9.17) is 0 Å². The van der Waals surface area contributed by atoms with Gasteiger partial charge in [-0.25, -0.2) is 8.42 Å². The molecule has 0 saturated carbocycles. The lowest BCUT2D eigenvalue weighted by molar-refractivity contribution is 0.427. The summed E-state index contributed by atoms with van der Waals surface area (Å²) in [5.74, 6) is 0.615. The van der Waals surface area contributed by atoms with Gasteiger partial charge < -0.3 is 0 Å². The second-order valence-electron chi connectivity index (χ2n) is 8.56. The van der Waals surface area contributed by atoms with Crippen LogP contribution in [0.2, 0.25) is 0 Å². The van der Waals surface area contributed by atoms with Gasteiger partial charge in [-0.15, -0.1) is 0 Å². The maximum atomic E-state index is 13.8. The van der Waals surface area contributed by atoms with Gasteiger partial charge in [0.15, 0.2) is 0 Å². The second-order valence-corrected chi connectivity index (χ2v) is 10.4. The average molecular weight is 417 g/mol. The lowest BCUT2D eigenvalue weighted by atomic mass is 9.89. The molecule has 1 heterocycles. The van der Waals surface area contributed by atoms with Crippen LogP contribution in [0.1, 0.15) is 88.6 Å². The molecular weight excluding hydrogens is 380 g/mol. The van der Waals surface area contributed by atoms with Crippen LogP contribution in [0.3, 0.4) is 0 Å². The Morgan fingerprint density at radius 2 is 1.52 bits per heavy atom. The van der Waals surface area contributed by atoms with Crippen molar-refractivity contribution in [1.29, 1.82) is 0 Å². The third-order valence-electron chi connectivity index (χ3n) is 5.37. The van der Waals surface area contributed by atoms with E-state index in [1.54, 1.807) is 10.5 Å². The molecule has 2 aromatic rings. The molecule has 1 aromatic carbocycles. The lowest BCUT2D eigenvalue weighted by Crippen LogP contribution is -2.34. The van der Waals surface area contributed by atoms with Gasteiger partial charge in [0.1, 0.15) is 0 Å². The van der Waals surface area contributed by atoms with Crippen molar-refractivity contribution in [3.05, 3.63) is 58.9 Å². The fourth-order valence-electron chi connectivity index (χ4n) is 3.55. The standard InChI is InChI=1S/C24H36N2O2S/c1-8-26(14-12-21-11-9-10-13-25-21)29(27,28)24-22(18(4)5)15-20(17(2)3)16-23(24)19(6)7/h9-11,13,15-19H,8,12,14H2,1-7H3. The first kappa shape index (κ1) is 23.6. The van der Waals surface area contributed by atoms with E-state index in [-0.39, 0.29) is 11.8 Å². The first-order chi connectivity index (χ1) is 13.6. The predicted octanol–water partition coefficient (Wildman–Crippen LogP) is 5.71. The third-order valence-corrected chi connectivity index (χ3v) is 7.48. The normalized spacial score (nSPS) is 12.5. The number of hydrogen-bond donors (Lipinski definition) is 0. The number of aromatic nitrogens is 1. The van der Waals surface area contributed by atoms with Crippen LogP contribution in [0.25, 0.3) is 0 Å². The molecule has 0 saturated heterocycles. The van der Waals surface area contributed by atoms with Gasteiger partial charge in [0.25, 0.3) is 0 Å². The third kappa shape index (κ3) is 5.46. The minimum absolute atomic E-state index is 0.130. The molecule has 5 heteroatoms. The first-order valence-corrected chi connectivity index (χ1v) is 12.1. The summed E-state index contributed by atoms with van der Waals surface area (Å²) in [6.07, 6.45) is 2.35. The lowest BCUT2D eigenvalue weighted by Gasteiger charge is -2.27. The van der Waals surface area contributed by atoms with Crippen LogP contribution in [0.5, 0.6) is 0 Å². The molecule has 2 rings (SSSR count). The molecule has 0 aliphatic heterocycles. The Labute approximate surface area is 177 Å². The van der Waals surface area contributed by atoms with E-state index in [9.17, 15) is 8.42 Å². The van der Waals surface area contributed by atoms with Crippen LogP contribution < -0.4 is 0 Å². The summed E-state index contributed by atoms with van der Waals surface area (Å²) in [6, 6.07) is 9.95. The molecule has 0 N–H and O–H groups in total. The van der Waals surface area contributed by atoms with Gasteiger partial charge in [0.05, 0.1) is 4.90 Å². The van der Waals surface area contributed by atoms with Crippen molar-refractivity contribution in [2.24, 2.45) is 0 Å². The summed E-state index contributed by atoms with van der Waals surface area (Å²) >= 11 is 0. The fraction of sp³-hybridized carbons (Fsp3) is 0.542. The Morgan fingerprint density at radius 1 is 0.931 bits per heavy atom. The first-order valence-electron chi connectivity index (χ1n) is 10.7. The topological polar surface area (TPSA) is 50.3 Å². The van der Waals surface area contributed by atoms with Crippen LogP contribution in [0, 0.1) is 0 Å². The number of hydrogen-bond acceptors (Lipinski definition) is 3. The number of nitrogens with zero attached hydrogens (tertiary/aromatic N) is 2. The van der Waals surface area contributed by atoms with Crippen molar-refractivity contribution < 1.29 is 8.42 Å². The molecule has 160 valence electrons.